The largest absolute Gasteiger partial charge is 0.338 e. The van der Waals surface area contributed by atoms with Gasteiger partial charge in [-0.1, -0.05) is 22.0 Å². The molecule has 1 aromatic heterocycles. The minimum absolute atomic E-state index is 0. The van der Waals surface area contributed by atoms with Crippen LogP contribution in [0.2, 0.25) is 0 Å². The van der Waals surface area contributed by atoms with Gasteiger partial charge in [0.25, 0.3) is 0 Å². The van der Waals surface area contributed by atoms with E-state index in [1.165, 1.54) is 16.5 Å². The fraction of sp³-hybridized carbons (Fsp3) is 0.333. The molecule has 0 N–H and O–H groups in total. The number of aromatic nitrogens is 1. The molecule has 0 spiro atoms. The molecule has 0 aliphatic carbocycles. The summed E-state index contributed by atoms with van der Waals surface area (Å²) in [6.07, 6.45) is 0. The number of rotatable bonds is 2. The van der Waals surface area contributed by atoms with Crippen LogP contribution in [0.4, 0.5) is 0 Å². The Kier molecular flexibility index (Phi) is 5.25. The van der Waals surface area contributed by atoms with Gasteiger partial charge in [-0.3, -0.25) is 0 Å². The molecule has 0 amide bonds. The molecular weight excluding hydrogens is 412 g/mol. The summed E-state index contributed by atoms with van der Waals surface area (Å²) in [6, 6.07) is 6.41. The number of hydrogen-bond acceptors (Lipinski definition) is 1. The molecule has 2 nitrogen and oxygen atoms in total. The van der Waals surface area contributed by atoms with E-state index in [4.69, 9.17) is 0 Å². The second-order valence-corrected chi connectivity index (χ2v) is 5.89. The number of hydrogen-bond donors (Lipinski definition) is 0. The quantitative estimate of drug-likeness (QED) is 0.693. The molecule has 1 heterocycles. The first-order valence-electron chi connectivity index (χ1n) is 5.07. The number of halogens is 3. The summed E-state index contributed by atoms with van der Waals surface area (Å²) in [5.41, 5.74) is 2.59. The van der Waals surface area contributed by atoms with Crippen LogP contribution in [0.5, 0.6) is 0 Å². The fourth-order valence-corrected chi connectivity index (χ4v) is 2.80. The maximum atomic E-state index is 3.67. The zero-order chi connectivity index (χ0) is 11.9. The monoisotopic (exact) mass is 424 g/mol. The SMILES string of the molecule is Br.CN(C)Cc1c(Br)n(C)c2cc(Br)ccc12. The van der Waals surface area contributed by atoms with Crippen LogP contribution in [0.25, 0.3) is 10.9 Å². The molecular formula is C12H15Br3N2. The van der Waals surface area contributed by atoms with E-state index >= 15 is 0 Å². The molecule has 1 aromatic carbocycles. The van der Waals surface area contributed by atoms with E-state index in [9.17, 15) is 0 Å². The maximum Gasteiger partial charge on any atom is 0.0900 e. The maximum absolute atomic E-state index is 3.67. The van der Waals surface area contributed by atoms with Crippen LogP contribution in [0.15, 0.2) is 27.3 Å². The fourth-order valence-electron chi connectivity index (χ4n) is 1.92. The van der Waals surface area contributed by atoms with Gasteiger partial charge in [0.05, 0.1) is 10.1 Å². The van der Waals surface area contributed by atoms with Gasteiger partial charge in [0.15, 0.2) is 0 Å². The van der Waals surface area contributed by atoms with Gasteiger partial charge in [-0.25, -0.2) is 0 Å². The van der Waals surface area contributed by atoms with E-state index in [2.05, 4.69) is 80.7 Å². The number of nitrogens with zero attached hydrogens (tertiary/aromatic N) is 2. The summed E-state index contributed by atoms with van der Waals surface area (Å²) in [7, 11) is 6.26. The zero-order valence-electron chi connectivity index (χ0n) is 10.00. The molecule has 0 fully saturated rings. The predicted molar refractivity (Wildman–Crippen MR) is 86.0 cm³/mol. The third-order valence-corrected chi connectivity index (χ3v) is 4.17. The zero-order valence-corrected chi connectivity index (χ0v) is 14.9. The average Bonchev–Trinajstić information content (AvgIpc) is 2.43. The second kappa shape index (κ2) is 5.87. The minimum Gasteiger partial charge on any atom is -0.338 e. The van der Waals surface area contributed by atoms with Gasteiger partial charge < -0.3 is 9.47 Å². The molecule has 5 heteroatoms. The van der Waals surface area contributed by atoms with Crippen LogP contribution in [0, 0.1) is 0 Å². The summed E-state index contributed by atoms with van der Waals surface area (Å²) in [4.78, 5) is 2.18. The van der Waals surface area contributed by atoms with Crippen LogP contribution in [0.1, 0.15) is 5.56 Å². The van der Waals surface area contributed by atoms with E-state index < -0.39 is 0 Å². The topological polar surface area (TPSA) is 8.17 Å². The van der Waals surface area contributed by atoms with Crippen molar-refractivity contribution in [1.82, 2.24) is 9.47 Å². The Morgan fingerprint density at radius 2 is 1.88 bits per heavy atom. The molecule has 2 aromatic rings. The van der Waals surface area contributed by atoms with Gasteiger partial charge in [0.2, 0.25) is 0 Å². The van der Waals surface area contributed by atoms with E-state index in [-0.39, 0.29) is 17.0 Å². The number of fused-ring (bicyclic) bond motifs is 1. The summed E-state index contributed by atoms with van der Waals surface area (Å²) in [6.45, 7) is 0.944. The molecule has 0 saturated heterocycles. The number of benzene rings is 1. The first kappa shape index (κ1) is 15.2. The third kappa shape index (κ3) is 2.95. The van der Waals surface area contributed by atoms with Crippen LogP contribution < -0.4 is 0 Å². The van der Waals surface area contributed by atoms with Crippen molar-refractivity contribution in [2.45, 2.75) is 6.54 Å². The van der Waals surface area contributed by atoms with E-state index in [0.717, 1.165) is 15.6 Å². The highest BCUT2D eigenvalue weighted by molar-refractivity contribution is 9.10. The van der Waals surface area contributed by atoms with Gasteiger partial charge >= 0.3 is 0 Å². The summed E-state index contributed by atoms with van der Waals surface area (Å²) < 4.78 is 4.46. The third-order valence-electron chi connectivity index (χ3n) is 2.66. The lowest BCUT2D eigenvalue weighted by atomic mass is 10.2. The minimum atomic E-state index is 0. The Morgan fingerprint density at radius 3 is 2.47 bits per heavy atom. The van der Waals surface area contributed by atoms with Gasteiger partial charge in [0, 0.05) is 29.0 Å². The van der Waals surface area contributed by atoms with Crippen LogP contribution in [-0.2, 0) is 13.6 Å². The van der Waals surface area contributed by atoms with E-state index in [1.807, 2.05) is 0 Å². The Balaban J connectivity index is 0.00000144. The van der Waals surface area contributed by atoms with Gasteiger partial charge in [-0.15, -0.1) is 17.0 Å². The standard InChI is InChI=1S/C12H14Br2N2.BrH/c1-15(2)7-10-9-5-4-8(13)6-11(9)16(3)12(10)14;/h4-6H,7H2,1-3H3;1H. The normalized spacial score (nSPS) is 10.9. The summed E-state index contributed by atoms with van der Waals surface area (Å²) in [5.74, 6) is 0. The lowest BCUT2D eigenvalue weighted by molar-refractivity contribution is 0.403. The van der Waals surface area contributed by atoms with Crippen LogP contribution in [0.3, 0.4) is 0 Å². The Bertz CT molecular complexity index is 532. The first-order valence-corrected chi connectivity index (χ1v) is 6.66. The smallest absolute Gasteiger partial charge is 0.0900 e. The van der Waals surface area contributed by atoms with Crippen molar-refractivity contribution >= 4 is 59.7 Å². The van der Waals surface area contributed by atoms with Crippen molar-refractivity contribution in [2.24, 2.45) is 7.05 Å². The van der Waals surface area contributed by atoms with Crippen molar-refractivity contribution in [3.63, 3.8) is 0 Å². The molecule has 0 aliphatic heterocycles. The number of aryl methyl sites for hydroxylation is 1. The molecule has 94 valence electrons. The first-order chi connectivity index (χ1) is 7.50. The highest BCUT2D eigenvalue weighted by Crippen LogP contribution is 2.31. The van der Waals surface area contributed by atoms with Gasteiger partial charge in [0.1, 0.15) is 0 Å². The molecule has 2 rings (SSSR count). The Morgan fingerprint density at radius 1 is 1.24 bits per heavy atom. The highest BCUT2D eigenvalue weighted by atomic mass is 79.9. The second-order valence-electron chi connectivity index (χ2n) is 4.23. The van der Waals surface area contributed by atoms with Crippen LogP contribution in [-0.4, -0.2) is 23.6 Å². The molecule has 0 radical (unpaired) electrons. The Labute approximate surface area is 129 Å². The average molecular weight is 427 g/mol. The molecule has 17 heavy (non-hydrogen) atoms. The van der Waals surface area contributed by atoms with Crippen molar-refractivity contribution in [2.75, 3.05) is 14.1 Å². The highest BCUT2D eigenvalue weighted by Gasteiger charge is 2.13. The van der Waals surface area contributed by atoms with Crippen molar-refractivity contribution in [3.8, 4) is 0 Å². The van der Waals surface area contributed by atoms with E-state index in [0.29, 0.717) is 0 Å². The van der Waals surface area contributed by atoms with Crippen molar-refractivity contribution in [3.05, 3.63) is 32.8 Å². The van der Waals surface area contributed by atoms with Gasteiger partial charge in [-0.2, -0.15) is 0 Å². The Hall–Kier alpha value is 0.160. The van der Waals surface area contributed by atoms with E-state index in [1.54, 1.807) is 0 Å². The molecule has 0 atom stereocenters. The van der Waals surface area contributed by atoms with Crippen molar-refractivity contribution < 1.29 is 0 Å². The summed E-state index contributed by atoms with van der Waals surface area (Å²) >= 11 is 7.18. The predicted octanol–water partition coefficient (Wildman–Crippen LogP) is 4.34. The molecule has 0 unspecified atom stereocenters. The molecule has 0 saturated carbocycles. The summed E-state index contributed by atoms with van der Waals surface area (Å²) in [5, 5.41) is 1.31. The van der Waals surface area contributed by atoms with Crippen LogP contribution >= 0.6 is 48.8 Å². The molecule has 0 aliphatic rings. The van der Waals surface area contributed by atoms with Crippen molar-refractivity contribution in [1.29, 1.82) is 0 Å². The van der Waals surface area contributed by atoms with Gasteiger partial charge in [-0.05, 0) is 42.2 Å². The lowest BCUT2D eigenvalue weighted by Gasteiger charge is -2.09. The lowest BCUT2D eigenvalue weighted by Crippen LogP contribution is -2.10. The molecule has 0 bridgehead atoms.